The van der Waals surface area contributed by atoms with E-state index in [0.717, 1.165) is 16.8 Å². The smallest absolute Gasteiger partial charge is 0.257 e. The molecule has 2 amide bonds. The summed E-state index contributed by atoms with van der Waals surface area (Å²) in [5, 5.41) is 2.86. The maximum Gasteiger partial charge on any atom is 0.257 e. The number of nitrogens with two attached hydrogens (primary N) is 1. The molecule has 0 radical (unpaired) electrons. The molecule has 0 unspecified atom stereocenters. The SMILES string of the molecule is Cc1ccc(C(=O)Nc2ccc(C)c(COc3cncc(C(N)=O)c3)c2)cn1. The summed E-state index contributed by atoms with van der Waals surface area (Å²) in [6, 6.07) is 10.6. The standard InChI is InChI=1S/C21H20N4O3/c1-13-3-6-18(25-21(27)15-5-4-14(2)24-10-15)7-17(13)12-28-19-8-16(20(22)26)9-23-11-19/h3-11H,12H2,1-2H3,(H2,22,26)(H,25,27). The maximum atomic E-state index is 12.4. The molecule has 7 heteroatoms. The lowest BCUT2D eigenvalue weighted by Crippen LogP contribution is -2.13. The Hall–Kier alpha value is -3.74. The number of primary amides is 1. The van der Waals surface area contributed by atoms with Crippen LogP contribution in [0.4, 0.5) is 5.69 Å². The van der Waals surface area contributed by atoms with Crippen LogP contribution in [0.15, 0.2) is 55.0 Å². The third-order valence-electron chi connectivity index (χ3n) is 4.17. The molecule has 3 rings (SSSR count). The van der Waals surface area contributed by atoms with Gasteiger partial charge in [-0.25, -0.2) is 0 Å². The zero-order valence-electron chi connectivity index (χ0n) is 15.6. The highest BCUT2D eigenvalue weighted by Gasteiger charge is 2.09. The third kappa shape index (κ3) is 4.70. The Morgan fingerprint density at radius 1 is 1.04 bits per heavy atom. The van der Waals surface area contributed by atoms with Gasteiger partial charge in [-0.2, -0.15) is 0 Å². The Bertz CT molecular complexity index is 1020. The van der Waals surface area contributed by atoms with Crippen LogP contribution >= 0.6 is 0 Å². The summed E-state index contributed by atoms with van der Waals surface area (Å²) < 4.78 is 5.73. The first kappa shape index (κ1) is 19.0. The Morgan fingerprint density at radius 3 is 2.57 bits per heavy atom. The fraction of sp³-hybridized carbons (Fsp3) is 0.143. The van der Waals surface area contributed by atoms with Crippen molar-refractivity contribution in [1.82, 2.24) is 9.97 Å². The fourth-order valence-corrected chi connectivity index (χ4v) is 2.50. The minimum absolute atomic E-state index is 0.235. The normalized spacial score (nSPS) is 10.4. The molecule has 0 aliphatic heterocycles. The number of carbonyl (C=O) groups excluding carboxylic acids is 2. The first-order valence-electron chi connectivity index (χ1n) is 8.63. The number of carbonyl (C=O) groups is 2. The van der Waals surface area contributed by atoms with Crippen LogP contribution in [0, 0.1) is 13.8 Å². The average Bonchev–Trinajstić information content (AvgIpc) is 2.69. The summed E-state index contributed by atoms with van der Waals surface area (Å²) in [5.74, 6) is -0.359. The Labute approximate surface area is 162 Å². The molecule has 1 aromatic carbocycles. The van der Waals surface area contributed by atoms with Crippen molar-refractivity contribution >= 4 is 17.5 Å². The number of aryl methyl sites for hydroxylation is 2. The molecule has 2 aromatic heterocycles. The maximum absolute atomic E-state index is 12.4. The molecule has 7 nitrogen and oxygen atoms in total. The van der Waals surface area contributed by atoms with E-state index in [1.165, 1.54) is 12.4 Å². The molecule has 0 atom stereocenters. The van der Waals surface area contributed by atoms with Gasteiger partial charge in [-0.3, -0.25) is 19.6 Å². The Balaban J connectivity index is 1.71. The number of hydrogen-bond donors (Lipinski definition) is 2. The number of nitrogens with one attached hydrogen (secondary N) is 1. The lowest BCUT2D eigenvalue weighted by Gasteiger charge is -2.12. The van der Waals surface area contributed by atoms with E-state index in [4.69, 9.17) is 10.5 Å². The number of ether oxygens (including phenoxy) is 1. The number of rotatable bonds is 6. The topological polar surface area (TPSA) is 107 Å². The van der Waals surface area contributed by atoms with Crippen molar-refractivity contribution in [2.24, 2.45) is 5.73 Å². The largest absolute Gasteiger partial charge is 0.487 e. The second-order valence-electron chi connectivity index (χ2n) is 6.35. The Morgan fingerprint density at radius 2 is 1.86 bits per heavy atom. The number of pyridine rings is 2. The van der Waals surface area contributed by atoms with E-state index in [1.54, 1.807) is 24.4 Å². The zero-order chi connectivity index (χ0) is 20.1. The van der Waals surface area contributed by atoms with Gasteiger partial charge in [-0.1, -0.05) is 6.07 Å². The zero-order valence-corrected chi connectivity index (χ0v) is 15.6. The number of aromatic nitrogens is 2. The van der Waals surface area contributed by atoms with Gasteiger partial charge in [-0.05, 0) is 55.3 Å². The van der Waals surface area contributed by atoms with Crippen molar-refractivity contribution in [2.45, 2.75) is 20.5 Å². The van der Waals surface area contributed by atoms with E-state index in [-0.39, 0.29) is 18.1 Å². The monoisotopic (exact) mass is 376 g/mol. The van der Waals surface area contributed by atoms with Gasteiger partial charge >= 0.3 is 0 Å². The van der Waals surface area contributed by atoms with E-state index in [1.807, 2.05) is 32.0 Å². The predicted octanol–water partition coefficient (Wildman–Crippen LogP) is 3.02. The molecule has 142 valence electrons. The van der Waals surface area contributed by atoms with Gasteiger partial charge in [0.25, 0.3) is 5.91 Å². The number of nitrogens with zero attached hydrogens (tertiary/aromatic N) is 2. The number of anilines is 1. The van der Waals surface area contributed by atoms with Crippen molar-refractivity contribution < 1.29 is 14.3 Å². The molecule has 3 aromatic rings. The van der Waals surface area contributed by atoms with Crippen LogP contribution in [-0.2, 0) is 6.61 Å². The molecule has 0 aliphatic rings. The number of hydrogen-bond acceptors (Lipinski definition) is 5. The van der Waals surface area contributed by atoms with Gasteiger partial charge in [0.1, 0.15) is 12.4 Å². The molecule has 0 saturated heterocycles. The number of amides is 2. The molecule has 0 saturated carbocycles. The lowest BCUT2D eigenvalue weighted by atomic mass is 10.1. The van der Waals surface area contributed by atoms with Gasteiger partial charge in [-0.15, -0.1) is 0 Å². The summed E-state index contributed by atoms with van der Waals surface area (Å²) in [6.07, 6.45) is 4.44. The quantitative estimate of drug-likeness (QED) is 0.688. The van der Waals surface area contributed by atoms with Crippen LogP contribution < -0.4 is 15.8 Å². The second kappa shape index (κ2) is 8.30. The van der Waals surface area contributed by atoms with E-state index in [2.05, 4.69) is 15.3 Å². The Kier molecular flexibility index (Phi) is 5.64. The number of benzene rings is 1. The summed E-state index contributed by atoms with van der Waals surface area (Å²) in [7, 11) is 0. The van der Waals surface area contributed by atoms with Gasteiger partial charge in [0.15, 0.2) is 0 Å². The first-order chi connectivity index (χ1) is 13.4. The highest BCUT2D eigenvalue weighted by Crippen LogP contribution is 2.19. The van der Waals surface area contributed by atoms with Crippen LogP contribution in [0.1, 0.15) is 37.5 Å². The van der Waals surface area contributed by atoms with Crippen LogP contribution in [0.25, 0.3) is 0 Å². The molecular formula is C21H20N4O3. The van der Waals surface area contributed by atoms with Crippen molar-refractivity contribution in [1.29, 1.82) is 0 Å². The molecule has 0 aliphatic carbocycles. The van der Waals surface area contributed by atoms with Gasteiger partial charge in [0, 0.05) is 23.8 Å². The van der Waals surface area contributed by atoms with E-state index in [0.29, 0.717) is 17.0 Å². The molecule has 0 bridgehead atoms. The van der Waals surface area contributed by atoms with E-state index >= 15 is 0 Å². The van der Waals surface area contributed by atoms with Crippen molar-refractivity contribution in [3.05, 3.63) is 82.9 Å². The van der Waals surface area contributed by atoms with E-state index in [9.17, 15) is 9.59 Å². The van der Waals surface area contributed by atoms with Gasteiger partial charge in [0.2, 0.25) is 5.91 Å². The average molecular weight is 376 g/mol. The molecule has 0 fully saturated rings. The lowest BCUT2D eigenvalue weighted by molar-refractivity contribution is 0.0996. The molecule has 0 spiro atoms. The molecule has 2 heterocycles. The third-order valence-corrected chi connectivity index (χ3v) is 4.17. The second-order valence-corrected chi connectivity index (χ2v) is 6.35. The summed E-state index contributed by atoms with van der Waals surface area (Å²) in [6.45, 7) is 4.07. The first-order valence-corrected chi connectivity index (χ1v) is 8.63. The van der Waals surface area contributed by atoms with Crippen LogP contribution in [0.3, 0.4) is 0 Å². The van der Waals surface area contributed by atoms with Crippen molar-refractivity contribution in [3.63, 3.8) is 0 Å². The minimum atomic E-state index is -0.565. The molecule has 3 N–H and O–H groups in total. The van der Waals surface area contributed by atoms with Crippen molar-refractivity contribution in [3.8, 4) is 5.75 Å². The highest BCUT2D eigenvalue weighted by atomic mass is 16.5. The summed E-state index contributed by atoms with van der Waals surface area (Å²) in [5.41, 5.74) is 9.42. The van der Waals surface area contributed by atoms with Crippen molar-refractivity contribution in [2.75, 3.05) is 5.32 Å². The highest BCUT2D eigenvalue weighted by molar-refractivity contribution is 6.04. The van der Waals surface area contributed by atoms with Gasteiger partial charge in [0.05, 0.1) is 17.3 Å². The fourth-order valence-electron chi connectivity index (χ4n) is 2.50. The minimum Gasteiger partial charge on any atom is -0.487 e. The van der Waals surface area contributed by atoms with E-state index < -0.39 is 5.91 Å². The summed E-state index contributed by atoms with van der Waals surface area (Å²) in [4.78, 5) is 31.7. The van der Waals surface area contributed by atoms with Crippen LogP contribution in [-0.4, -0.2) is 21.8 Å². The summed E-state index contributed by atoms with van der Waals surface area (Å²) >= 11 is 0. The molecular weight excluding hydrogens is 356 g/mol. The predicted molar refractivity (Wildman–Crippen MR) is 105 cm³/mol. The molecule has 28 heavy (non-hydrogen) atoms. The van der Waals surface area contributed by atoms with Crippen LogP contribution in [0.2, 0.25) is 0 Å². The van der Waals surface area contributed by atoms with Crippen LogP contribution in [0.5, 0.6) is 5.75 Å². The van der Waals surface area contributed by atoms with Gasteiger partial charge < -0.3 is 15.8 Å².